The van der Waals surface area contributed by atoms with Gasteiger partial charge in [-0.3, -0.25) is 9.48 Å². The minimum absolute atomic E-state index is 0.190. The molecule has 0 fully saturated rings. The van der Waals surface area contributed by atoms with Crippen LogP contribution in [0.1, 0.15) is 41.4 Å². The maximum Gasteiger partial charge on any atom is 0.256 e. The van der Waals surface area contributed by atoms with Crippen LogP contribution in [-0.4, -0.2) is 27.8 Å². The molecule has 6 heteroatoms. The van der Waals surface area contributed by atoms with Crippen LogP contribution in [-0.2, 0) is 7.05 Å². The lowest BCUT2D eigenvalue weighted by molar-refractivity contribution is 0.102. The largest absolute Gasteiger partial charge is 0.497 e. The molecule has 4 aromatic rings. The Morgan fingerprint density at radius 3 is 2.52 bits per heavy atom. The van der Waals surface area contributed by atoms with E-state index in [0.29, 0.717) is 22.8 Å². The van der Waals surface area contributed by atoms with E-state index >= 15 is 0 Å². The van der Waals surface area contributed by atoms with Crippen molar-refractivity contribution in [1.82, 2.24) is 14.8 Å². The van der Waals surface area contributed by atoms with Gasteiger partial charge in [-0.15, -0.1) is 0 Å². The van der Waals surface area contributed by atoms with Crippen molar-refractivity contribution < 1.29 is 9.53 Å². The normalized spacial score (nSPS) is 11.2. The van der Waals surface area contributed by atoms with Gasteiger partial charge >= 0.3 is 0 Å². The fourth-order valence-electron chi connectivity index (χ4n) is 3.70. The number of aryl methyl sites for hydroxylation is 2. The second-order valence-corrected chi connectivity index (χ2v) is 7.93. The maximum absolute atomic E-state index is 13.3. The highest BCUT2D eigenvalue weighted by Crippen LogP contribution is 2.29. The molecule has 0 saturated carbocycles. The zero-order chi connectivity index (χ0) is 22.1. The van der Waals surface area contributed by atoms with Crippen LogP contribution >= 0.6 is 0 Å². The number of carbonyl (C=O) groups is 1. The van der Waals surface area contributed by atoms with Gasteiger partial charge in [0.1, 0.15) is 5.75 Å². The molecular formula is C25H26N4O2. The summed E-state index contributed by atoms with van der Waals surface area (Å²) >= 11 is 0. The molecule has 0 aliphatic rings. The zero-order valence-electron chi connectivity index (χ0n) is 18.4. The quantitative estimate of drug-likeness (QED) is 0.479. The fourth-order valence-corrected chi connectivity index (χ4v) is 3.70. The van der Waals surface area contributed by atoms with Crippen molar-refractivity contribution >= 4 is 22.6 Å². The molecule has 0 atom stereocenters. The first-order chi connectivity index (χ1) is 14.9. The molecule has 0 bridgehead atoms. The van der Waals surface area contributed by atoms with Crippen LogP contribution in [0.3, 0.4) is 0 Å². The molecule has 0 saturated heterocycles. The third-order valence-corrected chi connectivity index (χ3v) is 5.41. The lowest BCUT2D eigenvalue weighted by Crippen LogP contribution is -2.13. The van der Waals surface area contributed by atoms with Crippen molar-refractivity contribution in [3.05, 3.63) is 71.4 Å². The van der Waals surface area contributed by atoms with Crippen LogP contribution in [0.2, 0.25) is 0 Å². The minimum Gasteiger partial charge on any atom is -0.497 e. The van der Waals surface area contributed by atoms with Gasteiger partial charge in [0.2, 0.25) is 0 Å². The van der Waals surface area contributed by atoms with Gasteiger partial charge in [-0.25, -0.2) is 4.98 Å². The van der Waals surface area contributed by atoms with Crippen LogP contribution in [0, 0.1) is 6.92 Å². The topological polar surface area (TPSA) is 69.0 Å². The number of nitrogens with zero attached hydrogens (tertiary/aromatic N) is 3. The van der Waals surface area contributed by atoms with Crippen molar-refractivity contribution in [1.29, 1.82) is 0 Å². The molecule has 4 rings (SSSR count). The van der Waals surface area contributed by atoms with E-state index in [2.05, 4.69) is 24.3 Å². The Balaban J connectivity index is 1.79. The van der Waals surface area contributed by atoms with E-state index in [9.17, 15) is 4.79 Å². The van der Waals surface area contributed by atoms with E-state index in [-0.39, 0.29) is 5.91 Å². The third-order valence-electron chi connectivity index (χ3n) is 5.41. The molecule has 0 aliphatic carbocycles. The Kier molecular flexibility index (Phi) is 5.46. The van der Waals surface area contributed by atoms with Crippen LogP contribution in [0.15, 0.2) is 54.6 Å². The van der Waals surface area contributed by atoms with Gasteiger partial charge in [0, 0.05) is 18.3 Å². The van der Waals surface area contributed by atoms with E-state index in [0.717, 1.165) is 28.1 Å². The predicted octanol–water partition coefficient (Wildman–Crippen LogP) is 5.33. The standard InChI is InChI=1S/C25H26N4O2/c1-15(2)17-9-11-19(12-10-17)26-25(30)21-14-22(18-7-6-8-20(13-18)31-5)27-24-23(21)16(3)28-29(24)4/h6-15H,1-5H3,(H,26,30). The summed E-state index contributed by atoms with van der Waals surface area (Å²) in [6.45, 7) is 6.18. The number of hydrogen-bond acceptors (Lipinski definition) is 4. The van der Waals surface area contributed by atoms with Crippen molar-refractivity contribution in [3.8, 4) is 17.0 Å². The van der Waals surface area contributed by atoms with Gasteiger partial charge in [0.25, 0.3) is 5.91 Å². The van der Waals surface area contributed by atoms with Crippen LogP contribution in [0.25, 0.3) is 22.3 Å². The van der Waals surface area contributed by atoms with Crippen molar-refractivity contribution in [2.24, 2.45) is 7.05 Å². The summed E-state index contributed by atoms with van der Waals surface area (Å²) in [5, 5.41) is 8.27. The number of amides is 1. The van der Waals surface area contributed by atoms with E-state index in [1.165, 1.54) is 5.56 Å². The van der Waals surface area contributed by atoms with E-state index < -0.39 is 0 Å². The zero-order valence-corrected chi connectivity index (χ0v) is 18.4. The number of carbonyl (C=O) groups excluding carboxylic acids is 1. The van der Waals surface area contributed by atoms with Crippen LogP contribution in [0.5, 0.6) is 5.75 Å². The van der Waals surface area contributed by atoms with Gasteiger partial charge in [0.05, 0.1) is 29.4 Å². The molecule has 2 heterocycles. The minimum atomic E-state index is -0.190. The first-order valence-corrected chi connectivity index (χ1v) is 10.3. The maximum atomic E-state index is 13.3. The summed E-state index contributed by atoms with van der Waals surface area (Å²) in [4.78, 5) is 18.1. The molecule has 0 radical (unpaired) electrons. The summed E-state index contributed by atoms with van der Waals surface area (Å²) < 4.78 is 7.06. The number of aromatic nitrogens is 3. The highest BCUT2D eigenvalue weighted by atomic mass is 16.5. The van der Waals surface area contributed by atoms with Gasteiger partial charge in [0.15, 0.2) is 5.65 Å². The van der Waals surface area contributed by atoms with E-state index in [4.69, 9.17) is 9.72 Å². The Hall–Kier alpha value is -3.67. The second-order valence-electron chi connectivity index (χ2n) is 7.93. The molecule has 31 heavy (non-hydrogen) atoms. The van der Waals surface area contributed by atoms with E-state index in [1.54, 1.807) is 11.8 Å². The molecule has 0 aliphatic heterocycles. The number of hydrogen-bond donors (Lipinski definition) is 1. The molecule has 1 N–H and O–H groups in total. The number of rotatable bonds is 5. The summed E-state index contributed by atoms with van der Waals surface area (Å²) in [7, 11) is 3.47. The SMILES string of the molecule is COc1cccc(-c2cc(C(=O)Nc3ccc(C(C)C)cc3)c3c(C)nn(C)c3n2)c1. The lowest BCUT2D eigenvalue weighted by Gasteiger charge is -2.11. The van der Waals surface area contributed by atoms with Crippen molar-refractivity contribution in [2.75, 3.05) is 12.4 Å². The average molecular weight is 415 g/mol. The molecule has 0 unspecified atom stereocenters. The number of methoxy groups -OCH3 is 1. The van der Waals surface area contributed by atoms with Crippen LogP contribution in [0.4, 0.5) is 5.69 Å². The highest BCUT2D eigenvalue weighted by Gasteiger charge is 2.19. The molecule has 6 nitrogen and oxygen atoms in total. The molecule has 1 amide bonds. The first-order valence-electron chi connectivity index (χ1n) is 10.3. The Morgan fingerprint density at radius 2 is 1.84 bits per heavy atom. The smallest absolute Gasteiger partial charge is 0.256 e. The number of nitrogens with one attached hydrogen (secondary N) is 1. The average Bonchev–Trinajstić information content (AvgIpc) is 3.07. The summed E-state index contributed by atoms with van der Waals surface area (Å²) in [6, 6.07) is 17.4. The molecule has 158 valence electrons. The van der Waals surface area contributed by atoms with Gasteiger partial charge in [-0.2, -0.15) is 5.10 Å². The van der Waals surface area contributed by atoms with Gasteiger partial charge < -0.3 is 10.1 Å². The fraction of sp³-hybridized carbons (Fsp3) is 0.240. The molecule has 0 spiro atoms. The van der Waals surface area contributed by atoms with Gasteiger partial charge in [-0.1, -0.05) is 38.1 Å². The number of fused-ring (bicyclic) bond motifs is 1. The number of benzene rings is 2. The summed E-state index contributed by atoms with van der Waals surface area (Å²) in [5.41, 5.74) is 5.52. The summed E-state index contributed by atoms with van der Waals surface area (Å²) in [5.74, 6) is 0.981. The highest BCUT2D eigenvalue weighted by molar-refractivity contribution is 6.13. The monoisotopic (exact) mass is 414 g/mol. The first kappa shape index (κ1) is 20.6. The third kappa shape index (κ3) is 4.01. The van der Waals surface area contributed by atoms with Crippen molar-refractivity contribution in [3.63, 3.8) is 0 Å². The van der Waals surface area contributed by atoms with E-state index in [1.807, 2.05) is 68.6 Å². The molecular weight excluding hydrogens is 388 g/mol. The number of ether oxygens (including phenoxy) is 1. The van der Waals surface area contributed by atoms with Crippen molar-refractivity contribution in [2.45, 2.75) is 26.7 Å². The summed E-state index contributed by atoms with van der Waals surface area (Å²) in [6.07, 6.45) is 0. The molecule has 2 aromatic heterocycles. The predicted molar refractivity (Wildman–Crippen MR) is 124 cm³/mol. The second kappa shape index (κ2) is 8.22. The Bertz CT molecular complexity index is 1260. The number of anilines is 1. The van der Waals surface area contributed by atoms with Gasteiger partial charge in [-0.05, 0) is 48.7 Å². The number of pyridine rings is 1. The van der Waals surface area contributed by atoms with Crippen LogP contribution < -0.4 is 10.1 Å². The Labute approximate surface area is 181 Å². The molecule has 2 aromatic carbocycles. The lowest BCUT2D eigenvalue weighted by atomic mass is 10.0. The Morgan fingerprint density at radius 1 is 1.10 bits per heavy atom.